The van der Waals surface area contributed by atoms with E-state index >= 15 is 0 Å². The maximum absolute atomic E-state index is 11.5. The average molecular weight is 298 g/mol. The zero-order valence-electron chi connectivity index (χ0n) is 11.7. The largest absolute Gasteiger partial charge is 0.478 e. The lowest BCUT2D eigenvalue weighted by molar-refractivity contribution is 0.0698. The third kappa shape index (κ3) is 2.19. The Labute approximate surface area is 126 Å². The van der Waals surface area contributed by atoms with E-state index in [1.54, 1.807) is 23.9 Å². The van der Waals surface area contributed by atoms with Crippen molar-refractivity contribution in [1.82, 2.24) is 9.55 Å². The number of carbonyl (C=O) groups is 1. The summed E-state index contributed by atoms with van der Waals surface area (Å²) in [4.78, 5) is 17.1. The molecule has 1 heterocycles. The molecule has 0 aliphatic heterocycles. The number of carboxylic acid groups (broad SMARTS) is 1. The number of hydrogen-bond donors (Lipinski definition) is 1. The highest BCUT2D eigenvalue weighted by Gasteiger charge is 2.18. The van der Waals surface area contributed by atoms with Crippen molar-refractivity contribution in [3.8, 4) is 5.69 Å². The Bertz CT molecular complexity index is 839. The number of carboxylic acids is 1. The fourth-order valence-electron chi connectivity index (χ4n) is 2.52. The lowest BCUT2D eigenvalue weighted by Crippen LogP contribution is -2.04. The minimum atomic E-state index is -0.941. The third-order valence-corrected chi connectivity index (χ3v) is 4.19. The molecule has 0 fully saturated rings. The van der Waals surface area contributed by atoms with Gasteiger partial charge in [-0.15, -0.1) is 11.8 Å². The van der Waals surface area contributed by atoms with Crippen LogP contribution in [0.4, 0.5) is 0 Å². The molecular weight excluding hydrogens is 284 g/mol. The number of fused-ring (bicyclic) bond motifs is 1. The Kier molecular flexibility index (Phi) is 3.43. The van der Waals surface area contributed by atoms with Gasteiger partial charge in [-0.05, 0) is 37.4 Å². The molecule has 0 amide bonds. The summed E-state index contributed by atoms with van der Waals surface area (Å²) in [5.41, 5.74) is 2.56. The van der Waals surface area contributed by atoms with Crippen LogP contribution in [0.15, 0.2) is 47.4 Å². The Morgan fingerprint density at radius 3 is 2.67 bits per heavy atom. The van der Waals surface area contributed by atoms with Crippen LogP contribution in [-0.4, -0.2) is 26.9 Å². The number of para-hydroxylation sites is 2. The average Bonchev–Trinajstić information content (AvgIpc) is 2.82. The summed E-state index contributed by atoms with van der Waals surface area (Å²) in [6.07, 6.45) is 2.01. The van der Waals surface area contributed by atoms with Gasteiger partial charge in [-0.3, -0.25) is 4.57 Å². The van der Waals surface area contributed by atoms with Gasteiger partial charge in [-0.25, -0.2) is 9.78 Å². The summed E-state index contributed by atoms with van der Waals surface area (Å²) >= 11 is 1.63. The van der Waals surface area contributed by atoms with Crippen LogP contribution < -0.4 is 0 Å². The molecule has 5 heteroatoms. The van der Waals surface area contributed by atoms with Crippen molar-refractivity contribution in [3.05, 3.63) is 53.9 Å². The van der Waals surface area contributed by atoms with Gasteiger partial charge < -0.3 is 5.11 Å². The first-order valence-electron chi connectivity index (χ1n) is 6.48. The highest BCUT2D eigenvalue weighted by molar-refractivity contribution is 7.98. The summed E-state index contributed by atoms with van der Waals surface area (Å²) in [5.74, 6) is -0.163. The third-order valence-electron chi connectivity index (χ3n) is 3.40. The molecule has 0 saturated heterocycles. The molecule has 0 saturated carbocycles. The van der Waals surface area contributed by atoms with E-state index in [1.807, 2.05) is 48.1 Å². The number of imidazole rings is 1. The van der Waals surface area contributed by atoms with E-state index in [0.717, 1.165) is 16.4 Å². The van der Waals surface area contributed by atoms with Crippen LogP contribution in [0.1, 0.15) is 16.2 Å². The van der Waals surface area contributed by atoms with E-state index in [-0.39, 0.29) is 5.56 Å². The number of thioether (sulfide) groups is 1. The highest BCUT2D eigenvalue weighted by Crippen LogP contribution is 2.30. The molecule has 0 unspecified atom stereocenters. The van der Waals surface area contributed by atoms with Gasteiger partial charge in [0.1, 0.15) is 5.82 Å². The van der Waals surface area contributed by atoms with Crippen LogP contribution in [-0.2, 0) is 0 Å². The van der Waals surface area contributed by atoms with Crippen LogP contribution in [0.5, 0.6) is 0 Å². The van der Waals surface area contributed by atoms with Crippen LogP contribution in [0.2, 0.25) is 0 Å². The predicted octanol–water partition coefficient (Wildman–Crippen LogP) is 3.75. The quantitative estimate of drug-likeness (QED) is 0.748. The molecule has 0 aliphatic rings. The van der Waals surface area contributed by atoms with Gasteiger partial charge in [0.05, 0.1) is 22.3 Å². The Morgan fingerprint density at radius 2 is 1.95 bits per heavy atom. The molecule has 0 atom stereocenters. The van der Waals surface area contributed by atoms with Crippen LogP contribution in [0.3, 0.4) is 0 Å². The van der Waals surface area contributed by atoms with E-state index in [9.17, 15) is 9.90 Å². The molecule has 106 valence electrons. The van der Waals surface area contributed by atoms with Crippen LogP contribution >= 0.6 is 11.8 Å². The second-order valence-electron chi connectivity index (χ2n) is 4.64. The second-order valence-corrected chi connectivity index (χ2v) is 5.49. The van der Waals surface area contributed by atoms with E-state index in [1.165, 1.54) is 0 Å². The number of aromatic nitrogens is 2. The molecule has 0 radical (unpaired) electrons. The van der Waals surface area contributed by atoms with Gasteiger partial charge >= 0.3 is 5.97 Å². The van der Waals surface area contributed by atoms with Gasteiger partial charge in [-0.1, -0.05) is 18.2 Å². The number of hydrogen-bond acceptors (Lipinski definition) is 3. The fraction of sp³-hybridized carbons (Fsp3) is 0.125. The van der Waals surface area contributed by atoms with Gasteiger partial charge in [0.2, 0.25) is 0 Å². The van der Waals surface area contributed by atoms with Gasteiger partial charge in [-0.2, -0.15) is 0 Å². The number of nitrogens with zero attached hydrogens (tertiary/aromatic N) is 2. The first-order valence-corrected chi connectivity index (χ1v) is 7.70. The molecule has 4 nitrogen and oxygen atoms in total. The van der Waals surface area contributed by atoms with Crippen molar-refractivity contribution < 1.29 is 9.90 Å². The standard InChI is InChI=1S/C16H14N2O2S/c1-10-17-12-7-5-6-11(16(19)20)15(12)18(10)13-8-3-4-9-14(13)21-2/h3-9H,1-2H3,(H,19,20). The smallest absolute Gasteiger partial charge is 0.337 e. The predicted molar refractivity (Wildman–Crippen MR) is 84.5 cm³/mol. The lowest BCUT2D eigenvalue weighted by atomic mass is 10.1. The SMILES string of the molecule is CSc1ccccc1-n1c(C)nc2cccc(C(=O)O)c21. The van der Waals surface area contributed by atoms with Crippen molar-refractivity contribution in [1.29, 1.82) is 0 Å². The van der Waals surface area contributed by atoms with E-state index in [0.29, 0.717) is 11.0 Å². The Morgan fingerprint density at radius 1 is 1.19 bits per heavy atom. The number of benzene rings is 2. The maximum atomic E-state index is 11.5. The molecule has 0 aliphatic carbocycles. The normalized spacial score (nSPS) is 11.0. The van der Waals surface area contributed by atoms with Gasteiger partial charge in [0.15, 0.2) is 0 Å². The summed E-state index contributed by atoms with van der Waals surface area (Å²) < 4.78 is 1.92. The molecule has 1 aromatic heterocycles. The molecule has 3 rings (SSSR count). The van der Waals surface area contributed by atoms with Crippen molar-refractivity contribution in [2.24, 2.45) is 0 Å². The topological polar surface area (TPSA) is 55.1 Å². The second kappa shape index (κ2) is 5.26. The van der Waals surface area contributed by atoms with Crippen molar-refractivity contribution in [2.75, 3.05) is 6.26 Å². The summed E-state index contributed by atoms with van der Waals surface area (Å²) in [6, 6.07) is 13.1. The fourth-order valence-corrected chi connectivity index (χ4v) is 3.11. The minimum Gasteiger partial charge on any atom is -0.478 e. The van der Waals surface area contributed by atoms with Gasteiger partial charge in [0.25, 0.3) is 0 Å². The van der Waals surface area contributed by atoms with E-state index in [2.05, 4.69) is 4.98 Å². The van der Waals surface area contributed by atoms with Crippen molar-refractivity contribution in [2.45, 2.75) is 11.8 Å². The lowest BCUT2D eigenvalue weighted by Gasteiger charge is -2.12. The molecule has 0 bridgehead atoms. The van der Waals surface area contributed by atoms with Crippen molar-refractivity contribution in [3.63, 3.8) is 0 Å². The van der Waals surface area contributed by atoms with Crippen molar-refractivity contribution >= 4 is 28.8 Å². The highest BCUT2D eigenvalue weighted by atomic mass is 32.2. The molecule has 2 aromatic carbocycles. The number of rotatable bonds is 3. The van der Waals surface area contributed by atoms with Gasteiger partial charge in [0, 0.05) is 4.90 Å². The van der Waals surface area contributed by atoms with Crippen LogP contribution in [0, 0.1) is 6.92 Å². The molecule has 21 heavy (non-hydrogen) atoms. The van der Waals surface area contributed by atoms with E-state index < -0.39 is 5.97 Å². The zero-order chi connectivity index (χ0) is 15.0. The molecular formula is C16H14N2O2S. The summed E-state index contributed by atoms with van der Waals surface area (Å²) in [7, 11) is 0. The van der Waals surface area contributed by atoms with E-state index in [4.69, 9.17) is 0 Å². The maximum Gasteiger partial charge on any atom is 0.337 e. The molecule has 3 aromatic rings. The monoisotopic (exact) mass is 298 g/mol. The first kappa shape index (κ1) is 13.7. The summed E-state index contributed by atoms with van der Waals surface area (Å²) in [5, 5.41) is 9.44. The Balaban J connectivity index is 2.42. The minimum absolute atomic E-state index is 0.268. The Hall–Kier alpha value is -2.27. The summed E-state index contributed by atoms with van der Waals surface area (Å²) in [6.45, 7) is 1.89. The van der Waals surface area contributed by atoms with Crippen LogP contribution in [0.25, 0.3) is 16.7 Å². The number of aryl methyl sites for hydroxylation is 1. The number of aromatic carboxylic acids is 1. The molecule has 0 spiro atoms. The molecule has 1 N–H and O–H groups in total. The first-order chi connectivity index (χ1) is 10.1. The zero-order valence-corrected chi connectivity index (χ0v) is 12.5.